The van der Waals surface area contributed by atoms with Crippen molar-refractivity contribution in [1.29, 1.82) is 5.26 Å². The van der Waals surface area contributed by atoms with Gasteiger partial charge >= 0.3 is 0 Å². The van der Waals surface area contributed by atoms with Crippen molar-refractivity contribution in [1.82, 2.24) is 4.90 Å². The Bertz CT molecular complexity index is 384. The van der Waals surface area contributed by atoms with E-state index in [1.807, 2.05) is 31.2 Å². The summed E-state index contributed by atoms with van der Waals surface area (Å²) in [7, 11) is 0. The average molecular weight is 214 g/mol. The molecule has 1 rings (SSSR count). The molecule has 0 aliphatic rings. The van der Waals surface area contributed by atoms with Crippen LogP contribution in [0, 0.1) is 11.3 Å². The number of hydrogen-bond donors (Lipinski definition) is 0. The van der Waals surface area contributed by atoms with Crippen molar-refractivity contribution in [2.45, 2.75) is 20.4 Å². The molecule has 0 aromatic heterocycles. The Morgan fingerprint density at radius 3 is 2.44 bits per heavy atom. The van der Waals surface area contributed by atoms with Crippen LogP contribution in [0.1, 0.15) is 25.0 Å². The first-order valence-electron chi connectivity index (χ1n) is 5.51. The van der Waals surface area contributed by atoms with Crippen LogP contribution in [-0.2, 0) is 6.54 Å². The van der Waals surface area contributed by atoms with E-state index in [4.69, 9.17) is 5.26 Å². The molecule has 2 heteroatoms. The maximum Gasteiger partial charge on any atom is 0.0991 e. The van der Waals surface area contributed by atoms with E-state index in [0.717, 1.165) is 19.6 Å². The Hall–Kier alpha value is -1.59. The fourth-order valence-electron chi connectivity index (χ4n) is 1.60. The highest BCUT2D eigenvalue weighted by atomic mass is 15.1. The first-order chi connectivity index (χ1) is 7.65. The summed E-state index contributed by atoms with van der Waals surface area (Å²) in [6, 6.07) is 9.88. The summed E-state index contributed by atoms with van der Waals surface area (Å²) in [5, 5.41) is 8.70. The van der Waals surface area contributed by atoms with E-state index in [9.17, 15) is 0 Å². The van der Waals surface area contributed by atoms with Crippen LogP contribution < -0.4 is 0 Å². The summed E-state index contributed by atoms with van der Waals surface area (Å²) < 4.78 is 0. The van der Waals surface area contributed by atoms with Gasteiger partial charge in [0.1, 0.15) is 0 Å². The van der Waals surface area contributed by atoms with Gasteiger partial charge in [-0.1, -0.05) is 31.2 Å². The lowest BCUT2D eigenvalue weighted by molar-refractivity contribution is 0.304. The number of rotatable bonds is 5. The van der Waals surface area contributed by atoms with Crippen molar-refractivity contribution in [3.63, 3.8) is 0 Å². The maximum absolute atomic E-state index is 8.70. The summed E-state index contributed by atoms with van der Waals surface area (Å²) in [6.07, 6.45) is 0. The molecule has 0 unspecified atom stereocenters. The van der Waals surface area contributed by atoms with Gasteiger partial charge in [0.2, 0.25) is 0 Å². The van der Waals surface area contributed by atoms with Crippen molar-refractivity contribution in [3.8, 4) is 6.07 Å². The van der Waals surface area contributed by atoms with Crippen LogP contribution in [0.2, 0.25) is 0 Å². The van der Waals surface area contributed by atoms with E-state index in [0.29, 0.717) is 5.56 Å². The lowest BCUT2D eigenvalue weighted by Crippen LogP contribution is -2.24. The second kappa shape index (κ2) is 6.09. The van der Waals surface area contributed by atoms with Crippen LogP contribution in [0.5, 0.6) is 0 Å². The molecule has 0 amide bonds. The molecule has 0 atom stereocenters. The zero-order chi connectivity index (χ0) is 12.0. The maximum atomic E-state index is 8.70. The lowest BCUT2D eigenvalue weighted by Gasteiger charge is -2.20. The molecule has 1 aromatic carbocycles. The van der Waals surface area contributed by atoms with Gasteiger partial charge < -0.3 is 0 Å². The smallest absolute Gasteiger partial charge is 0.0991 e. The lowest BCUT2D eigenvalue weighted by atomic mass is 10.1. The minimum atomic E-state index is 0.715. The van der Waals surface area contributed by atoms with E-state index in [1.54, 1.807) is 0 Å². The van der Waals surface area contributed by atoms with Crippen molar-refractivity contribution in [2.75, 3.05) is 13.1 Å². The molecule has 1 aromatic rings. The number of likely N-dealkylation sites (N-methyl/N-ethyl adjacent to an activating group) is 1. The minimum absolute atomic E-state index is 0.715. The minimum Gasteiger partial charge on any atom is -0.295 e. The highest BCUT2D eigenvalue weighted by molar-refractivity contribution is 5.31. The number of benzene rings is 1. The highest BCUT2D eigenvalue weighted by Crippen LogP contribution is 2.08. The van der Waals surface area contributed by atoms with Gasteiger partial charge in [0, 0.05) is 13.1 Å². The van der Waals surface area contributed by atoms with Crippen molar-refractivity contribution < 1.29 is 0 Å². The molecular formula is C14H18N2. The molecule has 0 spiro atoms. The summed E-state index contributed by atoms with van der Waals surface area (Å²) in [5.74, 6) is 0. The topological polar surface area (TPSA) is 27.0 Å². The van der Waals surface area contributed by atoms with Crippen LogP contribution >= 0.6 is 0 Å². The van der Waals surface area contributed by atoms with Crippen molar-refractivity contribution >= 4 is 0 Å². The zero-order valence-corrected chi connectivity index (χ0v) is 10.0. The predicted octanol–water partition coefficient (Wildman–Crippen LogP) is 2.96. The van der Waals surface area contributed by atoms with E-state index in [2.05, 4.69) is 24.5 Å². The molecular weight excluding hydrogens is 196 g/mol. The largest absolute Gasteiger partial charge is 0.295 e. The normalized spacial score (nSPS) is 10.1. The van der Waals surface area contributed by atoms with E-state index in [-0.39, 0.29) is 0 Å². The zero-order valence-electron chi connectivity index (χ0n) is 10.0. The Morgan fingerprint density at radius 2 is 2.00 bits per heavy atom. The standard InChI is InChI=1S/C14H18N2/c1-4-16(10-12(2)3)11-14-7-5-13(9-15)6-8-14/h5-8H,2,4,10-11H2,1,3H3. The van der Waals surface area contributed by atoms with Crippen LogP contribution in [0.25, 0.3) is 0 Å². The SMILES string of the molecule is C=C(C)CN(CC)Cc1ccc(C#N)cc1. The van der Waals surface area contributed by atoms with Gasteiger partial charge in [-0.15, -0.1) is 0 Å². The first kappa shape index (κ1) is 12.5. The van der Waals surface area contributed by atoms with E-state index in [1.165, 1.54) is 11.1 Å². The number of nitriles is 1. The summed E-state index contributed by atoms with van der Waals surface area (Å²) in [4.78, 5) is 2.32. The van der Waals surface area contributed by atoms with Crippen LogP contribution in [-0.4, -0.2) is 18.0 Å². The van der Waals surface area contributed by atoms with Crippen LogP contribution in [0.3, 0.4) is 0 Å². The van der Waals surface area contributed by atoms with Crippen LogP contribution in [0.4, 0.5) is 0 Å². The Labute approximate surface area is 97.8 Å². The highest BCUT2D eigenvalue weighted by Gasteiger charge is 2.03. The summed E-state index contributed by atoms with van der Waals surface area (Å²) >= 11 is 0. The molecule has 0 aliphatic heterocycles. The second-order valence-corrected chi connectivity index (χ2v) is 4.07. The van der Waals surface area contributed by atoms with Gasteiger partial charge in [-0.05, 0) is 31.2 Å². The van der Waals surface area contributed by atoms with Gasteiger partial charge in [0.05, 0.1) is 11.6 Å². The molecule has 0 N–H and O–H groups in total. The van der Waals surface area contributed by atoms with Gasteiger partial charge in [0.15, 0.2) is 0 Å². The van der Waals surface area contributed by atoms with Gasteiger partial charge in [-0.3, -0.25) is 4.90 Å². The number of nitrogens with zero attached hydrogens (tertiary/aromatic N) is 2. The molecule has 0 aliphatic carbocycles. The van der Waals surface area contributed by atoms with Gasteiger partial charge in [-0.25, -0.2) is 0 Å². The third kappa shape index (κ3) is 3.88. The summed E-state index contributed by atoms with van der Waals surface area (Å²) in [5.41, 5.74) is 3.13. The van der Waals surface area contributed by atoms with Gasteiger partial charge in [0.25, 0.3) is 0 Å². The molecule has 0 bridgehead atoms. The fraction of sp³-hybridized carbons (Fsp3) is 0.357. The fourth-order valence-corrected chi connectivity index (χ4v) is 1.60. The summed E-state index contributed by atoms with van der Waals surface area (Å²) in [6.45, 7) is 11.0. The Morgan fingerprint density at radius 1 is 1.38 bits per heavy atom. The number of hydrogen-bond acceptors (Lipinski definition) is 2. The van der Waals surface area contributed by atoms with E-state index >= 15 is 0 Å². The molecule has 0 saturated heterocycles. The van der Waals surface area contributed by atoms with Crippen molar-refractivity contribution in [3.05, 3.63) is 47.5 Å². The predicted molar refractivity (Wildman–Crippen MR) is 66.9 cm³/mol. The molecule has 2 nitrogen and oxygen atoms in total. The monoisotopic (exact) mass is 214 g/mol. The van der Waals surface area contributed by atoms with E-state index < -0.39 is 0 Å². The Kier molecular flexibility index (Phi) is 4.75. The average Bonchev–Trinajstić information content (AvgIpc) is 2.28. The molecule has 0 saturated carbocycles. The molecule has 0 heterocycles. The molecule has 0 radical (unpaired) electrons. The quantitative estimate of drug-likeness (QED) is 0.705. The molecule has 84 valence electrons. The second-order valence-electron chi connectivity index (χ2n) is 4.07. The Balaban J connectivity index is 2.63. The van der Waals surface area contributed by atoms with Crippen LogP contribution in [0.15, 0.2) is 36.4 Å². The van der Waals surface area contributed by atoms with Gasteiger partial charge in [-0.2, -0.15) is 5.26 Å². The first-order valence-corrected chi connectivity index (χ1v) is 5.51. The molecule has 16 heavy (non-hydrogen) atoms. The third-order valence-corrected chi connectivity index (χ3v) is 2.43. The molecule has 0 fully saturated rings. The van der Waals surface area contributed by atoms with Crippen molar-refractivity contribution in [2.24, 2.45) is 0 Å². The third-order valence-electron chi connectivity index (χ3n) is 2.43.